The first-order valence-corrected chi connectivity index (χ1v) is 6.69. The van der Waals surface area contributed by atoms with Gasteiger partial charge in [-0.3, -0.25) is 4.79 Å². The Hall–Kier alpha value is -0.620. The first-order valence-electron chi connectivity index (χ1n) is 5.08. The number of hydrogen-bond acceptors (Lipinski definition) is 4. The molecule has 0 rings (SSSR count). The molecule has 0 fully saturated rings. The van der Waals surface area contributed by atoms with Crippen LogP contribution in [-0.2, 0) is 14.6 Å². The van der Waals surface area contributed by atoms with Crippen LogP contribution >= 0.6 is 0 Å². The largest absolute Gasteiger partial charge is 0.355 e. The highest BCUT2D eigenvalue weighted by Crippen LogP contribution is 2.12. The van der Waals surface area contributed by atoms with E-state index in [1.54, 1.807) is 13.8 Å². The summed E-state index contributed by atoms with van der Waals surface area (Å²) < 4.78 is 23.6. The van der Waals surface area contributed by atoms with E-state index in [9.17, 15) is 13.2 Å². The summed E-state index contributed by atoms with van der Waals surface area (Å²) in [5.41, 5.74) is 5.30. The highest BCUT2D eigenvalue weighted by Gasteiger charge is 2.32. The lowest BCUT2D eigenvalue weighted by Gasteiger charge is -2.17. The molecule has 2 unspecified atom stereocenters. The number of rotatable bonds is 6. The Kier molecular flexibility index (Phi) is 5.82. The number of carbonyl (C=O) groups is 1. The van der Waals surface area contributed by atoms with Crippen LogP contribution in [0, 0.1) is 0 Å². The minimum absolute atomic E-state index is 0.308. The van der Waals surface area contributed by atoms with Gasteiger partial charge in [-0.1, -0.05) is 0 Å². The first kappa shape index (κ1) is 14.4. The summed E-state index contributed by atoms with van der Waals surface area (Å²) in [7, 11) is -3.41. The van der Waals surface area contributed by atoms with Gasteiger partial charge in [0, 0.05) is 6.54 Å². The van der Waals surface area contributed by atoms with Crippen LogP contribution in [0.15, 0.2) is 0 Å². The molecule has 3 N–H and O–H groups in total. The van der Waals surface area contributed by atoms with Crippen molar-refractivity contribution in [3.63, 3.8) is 0 Å². The summed E-state index contributed by atoms with van der Waals surface area (Å²) in [5.74, 6) is -0.443. The summed E-state index contributed by atoms with van der Waals surface area (Å²) in [4.78, 5) is 11.4. The standard InChI is InChI=1S/C9H20N2O3S/c1-4-11-9(12)8(3)15(13,14)7(2)5-6-10/h7-8H,4-6,10H2,1-3H3,(H,11,12). The molecule has 0 saturated heterocycles. The fraction of sp³-hybridized carbons (Fsp3) is 0.889. The highest BCUT2D eigenvalue weighted by molar-refractivity contribution is 7.93. The van der Waals surface area contributed by atoms with E-state index in [0.717, 1.165) is 0 Å². The lowest BCUT2D eigenvalue weighted by atomic mass is 10.3. The zero-order valence-corrected chi connectivity index (χ0v) is 10.3. The van der Waals surface area contributed by atoms with Crippen molar-refractivity contribution in [3.05, 3.63) is 0 Å². The van der Waals surface area contributed by atoms with Gasteiger partial charge < -0.3 is 11.1 Å². The van der Waals surface area contributed by atoms with Crippen LogP contribution in [0.4, 0.5) is 0 Å². The van der Waals surface area contributed by atoms with Crippen molar-refractivity contribution in [2.75, 3.05) is 13.1 Å². The zero-order chi connectivity index (χ0) is 12.1. The smallest absolute Gasteiger partial charge is 0.238 e. The fourth-order valence-electron chi connectivity index (χ4n) is 1.21. The summed E-state index contributed by atoms with van der Waals surface area (Å²) in [6, 6.07) is 0. The molecule has 0 spiro atoms. The first-order chi connectivity index (χ1) is 6.87. The average molecular weight is 236 g/mol. The molecule has 5 nitrogen and oxygen atoms in total. The zero-order valence-electron chi connectivity index (χ0n) is 9.49. The van der Waals surface area contributed by atoms with E-state index in [-0.39, 0.29) is 0 Å². The van der Waals surface area contributed by atoms with Crippen LogP contribution in [0.25, 0.3) is 0 Å². The third-order valence-electron chi connectivity index (χ3n) is 2.35. The van der Waals surface area contributed by atoms with Crippen molar-refractivity contribution < 1.29 is 13.2 Å². The van der Waals surface area contributed by atoms with Gasteiger partial charge in [-0.15, -0.1) is 0 Å². The second-order valence-electron chi connectivity index (χ2n) is 3.51. The van der Waals surface area contributed by atoms with Gasteiger partial charge in [-0.25, -0.2) is 8.42 Å². The predicted molar refractivity (Wildman–Crippen MR) is 60.2 cm³/mol. The van der Waals surface area contributed by atoms with Gasteiger partial charge in [0.05, 0.1) is 5.25 Å². The van der Waals surface area contributed by atoms with Gasteiger partial charge in [0.15, 0.2) is 9.84 Å². The maximum absolute atomic E-state index is 11.8. The minimum Gasteiger partial charge on any atom is -0.355 e. The maximum atomic E-state index is 11.8. The third kappa shape index (κ3) is 3.79. The second kappa shape index (κ2) is 6.07. The van der Waals surface area contributed by atoms with Crippen LogP contribution in [0.2, 0.25) is 0 Å². The lowest BCUT2D eigenvalue weighted by Crippen LogP contribution is -2.41. The topological polar surface area (TPSA) is 89.3 Å². The highest BCUT2D eigenvalue weighted by atomic mass is 32.2. The molecule has 90 valence electrons. The summed E-state index contributed by atoms with van der Waals surface area (Å²) >= 11 is 0. The number of carbonyl (C=O) groups excluding carboxylic acids is 1. The second-order valence-corrected chi connectivity index (χ2v) is 6.20. The van der Waals surface area contributed by atoms with E-state index in [4.69, 9.17) is 5.73 Å². The van der Waals surface area contributed by atoms with Crippen molar-refractivity contribution in [1.82, 2.24) is 5.32 Å². The Morgan fingerprint density at radius 2 is 1.93 bits per heavy atom. The maximum Gasteiger partial charge on any atom is 0.238 e. The quantitative estimate of drug-likeness (QED) is 0.660. The molecule has 0 aliphatic rings. The van der Waals surface area contributed by atoms with Gasteiger partial charge in [0.25, 0.3) is 0 Å². The van der Waals surface area contributed by atoms with Crippen molar-refractivity contribution >= 4 is 15.7 Å². The molecule has 0 aliphatic heterocycles. The van der Waals surface area contributed by atoms with E-state index in [1.165, 1.54) is 6.92 Å². The molecule has 0 saturated carbocycles. The van der Waals surface area contributed by atoms with Crippen molar-refractivity contribution in [2.45, 2.75) is 37.7 Å². The summed E-state index contributed by atoms with van der Waals surface area (Å²) in [6.07, 6.45) is 0.381. The summed E-state index contributed by atoms with van der Waals surface area (Å²) in [6.45, 7) is 5.48. The van der Waals surface area contributed by atoms with Crippen LogP contribution in [0.1, 0.15) is 27.2 Å². The summed E-state index contributed by atoms with van der Waals surface area (Å²) in [5, 5.41) is 0.929. The molecule has 0 aromatic heterocycles. The molecule has 1 amide bonds. The third-order valence-corrected chi connectivity index (χ3v) is 4.90. The number of nitrogens with one attached hydrogen (secondary N) is 1. The Bertz CT molecular complexity index is 300. The molecule has 2 atom stereocenters. The molecule has 6 heteroatoms. The van der Waals surface area contributed by atoms with E-state index < -0.39 is 26.2 Å². The number of hydrogen-bond donors (Lipinski definition) is 2. The molecule has 0 aromatic carbocycles. The predicted octanol–water partition coefficient (Wildman–Crippen LogP) is -0.337. The molecule has 0 aliphatic carbocycles. The van der Waals surface area contributed by atoms with E-state index in [0.29, 0.717) is 19.5 Å². The van der Waals surface area contributed by atoms with E-state index in [1.807, 2.05) is 0 Å². The monoisotopic (exact) mass is 236 g/mol. The lowest BCUT2D eigenvalue weighted by molar-refractivity contribution is -0.120. The Morgan fingerprint density at radius 1 is 1.40 bits per heavy atom. The number of nitrogens with two attached hydrogens (primary N) is 1. The van der Waals surface area contributed by atoms with Gasteiger partial charge in [0.1, 0.15) is 5.25 Å². The Balaban J connectivity index is 4.65. The van der Waals surface area contributed by atoms with Gasteiger partial charge >= 0.3 is 0 Å². The molecule has 0 bridgehead atoms. The molecule has 0 aromatic rings. The van der Waals surface area contributed by atoms with Crippen LogP contribution < -0.4 is 11.1 Å². The average Bonchev–Trinajstić information content (AvgIpc) is 2.17. The number of sulfone groups is 1. The van der Waals surface area contributed by atoms with Crippen LogP contribution in [-0.4, -0.2) is 37.9 Å². The van der Waals surface area contributed by atoms with Crippen LogP contribution in [0.3, 0.4) is 0 Å². The van der Waals surface area contributed by atoms with Crippen molar-refractivity contribution in [1.29, 1.82) is 0 Å². The van der Waals surface area contributed by atoms with Crippen LogP contribution in [0.5, 0.6) is 0 Å². The SMILES string of the molecule is CCNC(=O)C(C)S(=O)(=O)C(C)CCN. The Morgan fingerprint density at radius 3 is 2.33 bits per heavy atom. The molecule has 0 radical (unpaired) electrons. The van der Waals surface area contributed by atoms with Gasteiger partial charge in [-0.05, 0) is 33.7 Å². The van der Waals surface area contributed by atoms with Gasteiger partial charge in [0.2, 0.25) is 5.91 Å². The van der Waals surface area contributed by atoms with Crippen molar-refractivity contribution in [2.24, 2.45) is 5.73 Å². The Labute approximate surface area is 91.3 Å². The van der Waals surface area contributed by atoms with Gasteiger partial charge in [-0.2, -0.15) is 0 Å². The van der Waals surface area contributed by atoms with E-state index in [2.05, 4.69) is 5.32 Å². The molecule has 15 heavy (non-hydrogen) atoms. The molecular formula is C9H20N2O3S. The number of amides is 1. The molecular weight excluding hydrogens is 216 g/mol. The van der Waals surface area contributed by atoms with Crippen molar-refractivity contribution in [3.8, 4) is 0 Å². The van der Waals surface area contributed by atoms with E-state index >= 15 is 0 Å². The molecule has 0 heterocycles. The fourth-order valence-corrected chi connectivity index (χ4v) is 2.76. The normalized spacial score (nSPS) is 15.7. The minimum atomic E-state index is -3.41.